The van der Waals surface area contributed by atoms with Crippen LogP contribution in [0.5, 0.6) is 0 Å². The summed E-state index contributed by atoms with van der Waals surface area (Å²) in [5.41, 5.74) is 0.719. The fourth-order valence-corrected chi connectivity index (χ4v) is 2.11. The van der Waals surface area contributed by atoms with E-state index in [4.69, 9.17) is 5.11 Å². The Balaban J connectivity index is 2.26. The molecule has 0 saturated carbocycles. The van der Waals surface area contributed by atoms with E-state index in [1.165, 1.54) is 6.07 Å². The van der Waals surface area contributed by atoms with Crippen molar-refractivity contribution in [1.29, 1.82) is 0 Å². The highest BCUT2D eigenvalue weighted by Gasteiger charge is 2.28. The van der Waals surface area contributed by atoms with Crippen LogP contribution in [0.2, 0.25) is 0 Å². The zero-order valence-electron chi connectivity index (χ0n) is 7.91. The van der Waals surface area contributed by atoms with Crippen LogP contribution in [0.4, 0.5) is 4.39 Å². The third-order valence-electron chi connectivity index (χ3n) is 2.85. The number of rotatable bonds is 2. The quantitative estimate of drug-likeness (QED) is 0.744. The van der Waals surface area contributed by atoms with Gasteiger partial charge >= 0.3 is 0 Å². The Bertz CT molecular complexity index is 316. The highest BCUT2D eigenvalue weighted by Crippen LogP contribution is 2.29. The lowest BCUT2D eigenvalue weighted by molar-refractivity contribution is 0.244. The van der Waals surface area contributed by atoms with E-state index in [-0.39, 0.29) is 24.4 Å². The number of nitrogens with one attached hydrogen (secondary N) is 1. The minimum atomic E-state index is -0.167. The second-order valence-corrected chi connectivity index (χ2v) is 3.66. The monoisotopic (exact) mass is 195 g/mol. The predicted octanol–water partition coefficient (Wildman–Crippen LogP) is 1.26. The Morgan fingerprint density at radius 2 is 2.21 bits per heavy atom. The molecule has 1 aliphatic heterocycles. The third-order valence-corrected chi connectivity index (χ3v) is 2.85. The Hall–Kier alpha value is -0.930. The van der Waals surface area contributed by atoms with Crippen LogP contribution in [-0.2, 0) is 0 Å². The van der Waals surface area contributed by atoms with Crippen LogP contribution in [0.3, 0.4) is 0 Å². The summed E-state index contributed by atoms with van der Waals surface area (Å²) in [5, 5.41) is 12.3. The molecule has 1 saturated heterocycles. The topological polar surface area (TPSA) is 32.3 Å². The van der Waals surface area contributed by atoms with Gasteiger partial charge in [-0.15, -0.1) is 0 Å². The van der Waals surface area contributed by atoms with Crippen molar-refractivity contribution in [3.8, 4) is 0 Å². The Kier molecular flexibility index (Phi) is 2.79. The molecule has 2 N–H and O–H groups in total. The molecule has 0 spiro atoms. The van der Waals surface area contributed by atoms with Crippen LogP contribution in [-0.4, -0.2) is 24.3 Å². The molecule has 1 heterocycles. The van der Waals surface area contributed by atoms with Gasteiger partial charge in [-0.2, -0.15) is 0 Å². The molecule has 1 aliphatic rings. The molecule has 2 atom stereocenters. The minimum Gasteiger partial charge on any atom is -0.395 e. The minimum absolute atomic E-state index is 0.00639. The van der Waals surface area contributed by atoms with Gasteiger partial charge in [-0.1, -0.05) is 18.2 Å². The van der Waals surface area contributed by atoms with Crippen molar-refractivity contribution in [3.05, 3.63) is 35.6 Å². The summed E-state index contributed by atoms with van der Waals surface area (Å²) in [5.74, 6) is -0.0548. The van der Waals surface area contributed by atoms with Gasteiger partial charge in [0.1, 0.15) is 5.82 Å². The zero-order valence-corrected chi connectivity index (χ0v) is 7.91. The highest BCUT2D eigenvalue weighted by atomic mass is 19.1. The summed E-state index contributed by atoms with van der Waals surface area (Å²) >= 11 is 0. The molecule has 0 bridgehead atoms. The zero-order chi connectivity index (χ0) is 9.97. The SMILES string of the molecule is OC[C@@H]1NCC[C@H]1c1ccccc1F. The molecular formula is C11H14FNO. The molecule has 1 fully saturated rings. The average molecular weight is 195 g/mol. The Morgan fingerprint density at radius 3 is 2.93 bits per heavy atom. The van der Waals surface area contributed by atoms with Gasteiger partial charge in [0.25, 0.3) is 0 Å². The number of benzene rings is 1. The number of hydrogen-bond acceptors (Lipinski definition) is 2. The maximum atomic E-state index is 13.4. The first kappa shape index (κ1) is 9.62. The number of halogens is 1. The van der Waals surface area contributed by atoms with E-state index in [1.54, 1.807) is 12.1 Å². The number of aliphatic hydroxyl groups excluding tert-OH is 1. The molecule has 1 aromatic rings. The molecule has 0 radical (unpaired) electrons. The Labute approximate surface area is 82.8 Å². The van der Waals surface area contributed by atoms with Crippen molar-refractivity contribution in [2.75, 3.05) is 13.2 Å². The van der Waals surface area contributed by atoms with Gasteiger partial charge in [0.2, 0.25) is 0 Å². The van der Waals surface area contributed by atoms with Gasteiger partial charge in [0, 0.05) is 12.0 Å². The van der Waals surface area contributed by atoms with Gasteiger partial charge in [-0.25, -0.2) is 4.39 Å². The second-order valence-electron chi connectivity index (χ2n) is 3.66. The van der Waals surface area contributed by atoms with Gasteiger partial charge in [-0.3, -0.25) is 0 Å². The van der Waals surface area contributed by atoms with Crippen molar-refractivity contribution in [3.63, 3.8) is 0 Å². The molecule has 2 nitrogen and oxygen atoms in total. The largest absolute Gasteiger partial charge is 0.395 e. The van der Waals surface area contributed by atoms with Crippen molar-refractivity contribution >= 4 is 0 Å². The lowest BCUT2D eigenvalue weighted by atomic mass is 9.92. The normalized spacial score (nSPS) is 26.7. The lowest BCUT2D eigenvalue weighted by Gasteiger charge is -2.17. The van der Waals surface area contributed by atoms with Crippen molar-refractivity contribution < 1.29 is 9.50 Å². The molecule has 1 aromatic carbocycles. The van der Waals surface area contributed by atoms with Gasteiger partial charge in [-0.05, 0) is 24.6 Å². The highest BCUT2D eigenvalue weighted by molar-refractivity contribution is 5.24. The van der Waals surface area contributed by atoms with Crippen molar-refractivity contribution in [2.45, 2.75) is 18.4 Å². The van der Waals surface area contributed by atoms with Crippen LogP contribution in [0, 0.1) is 5.82 Å². The van der Waals surface area contributed by atoms with E-state index in [2.05, 4.69) is 5.32 Å². The van der Waals surface area contributed by atoms with Crippen LogP contribution < -0.4 is 5.32 Å². The summed E-state index contributed by atoms with van der Waals surface area (Å²) in [7, 11) is 0. The molecule has 14 heavy (non-hydrogen) atoms. The summed E-state index contributed by atoms with van der Waals surface area (Å²) in [6.07, 6.45) is 0.895. The van der Waals surface area contributed by atoms with E-state index < -0.39 is 0 Å². The molecule has 76 valence electrons. The molecule has 2 rings (SSSR count). The first-order valence-corrected chi connectivity index (χ1v) is 4.91. The van der Waals surface area contributed by atoms with E-state index >= 15 is 0 Å². The van der Waals surface area contributed by atoms with Gasteiger partial charge < -0.3 is 10.4 Å². The van der Waals surface area contributed by atoms with Crippen LogP contribution >= 0.6 is 0 Å². The lowest BCUT2D eigenvalue weighted by Crippen LogP contribution is -2.29. The molecule has 0 unspecified atom stereocenters. The van der Waals surface area contributed by atoms with Gasteiger partial charge in [0.15, 0.2) is 0 Å². The second kappa shape index (κ2) is 4.07. The van der Waals surface area contributed by atoms with Crippen molar-refractivity contribution in [2.24, 2.45) is 0 Å². The van der Waals surface area contributed by atoms with E-state index in [9.17, 15) is 4.39 Å². The molecule has 0 aliphatic carbocycles. The smallest absolute Gasteiger partial charge is 0.126 e. The maximum Gasteiger partial charge on any atom is 0.126 e. The van der Waals surface area contributed by atoms with E-state index in [1.807, 2.05) is 6.07 Å². The fraction of sp³-hybridized carbons (Fsp3) is 0.455. The average Bonchev–Trinajstić information content (AvgIpc) is 2.66. The van der Waals surface area contributed by atoms with Crippen LogP contribution in [0.15, 0.2) is 24.3 Å². The van der Waals surface area contributed by atoms with Crippen LogP contribution in [0.1, 0.15) is 17.9 Å². The summed E-state index contributed by atoms with van der Waals surface area (Å²) < 4.78 is 13.4. The number of hydrogen-bond donors (Lipinski definition) is 2. The first-order chi connectivity index (χ1) is 6.83. The van der Waals surface area contributed by atoms with Crippen LogP contribution in [0.25, 0.3) is 0 Å². The van der Waals surface area contributed by atoms with Gasteiger partial charge in [0.05, 0.1) is 6.61 Å². The molecular weight excluding hydrogens is 181 g/mol. The fourth-order valence-electron chi connectivity index (χ4n) is 2.11. The standard InChI is InChI=1S/C11H14FNO/c12-10-4-2-1-3-8(10)9-5-6-13-11(9)7-14/h1-4,9,11,13-14H,5-7H2/t9-,11-/m0/s1. The van der Waals surface area contributed by atoms with E-state index in [0.717, 1.165) is 18.5 Å². The van der Waals surface area contributed by atoms with E-state index in [0.29, 0.717) is 0 Å². The number of aliphatic hydroxyl groups is 1. The summed E-state index contributed by atoms with van der Waals surface area (Å²) in [6, 6.07) is 6.81. The molecule has 3 heteroatoms. The summed E-state index contributed by atoms with van der Waals surface area (Å²) in [6.45, 7) is 0.920. The predicted molar refractivity (Wildman–Crippen MR) is 52.6 cm³/mol. The molecule has 0 aromatic heterocycles. The Morgan fingerprint density at radius 1 is 1.43 bits per heavy atom. The third kappa shape index (κ3) is 1.65. The first-order valence-electron chi connectivity index (χ1n) is 4.91. The molecule has 0 amide bonds. The maximum absolute atomic E-state index is 13.4. The van der Waals surface area contributed by atoms with Crippen molar-refractivity contribution in [1.82, 2.24) is 5.32 Å². The summed E-state index contributed by atoms with van der Waals surface area (Å²) in [4.78, 5) is 0.